The fourth-order valence-electron chi connectivity index (χ4n) is 2.30. The Morgan fingerprint density at radius 3 is 2.71 bits per heavy atom. The maximum Gasteiger partial charge on any atom is 0.107 e. The van der Waals surface area contributed by atoms with E-state index in [-0.39, 0.29) is 0 Å². The van der Waals surface area contributed by atoms with E-state index in [0.29, 0.717) is 0 Å². The Labute approximate surface area is 109 Å². The number of hydrogen-bond donors (Lipinski definition) is 1. The lowest BCUT2D eigenvalue weighted by Crippen LogP contribution is -2.18. The lowest BCUT2D eigenvalue weighted by Gasteiger charge is -2.06. The Balaban J connectivity index is 1.92. The highest BCUT2D eigenvalue weighted by Crippen LogP contribution is 2.25. The van der Waals surface area contributed by atoms with Gasteiger partial charge in [0.1, 0.15) is 5.01 Å². The molecule has 0 radical (unpaired) electrons. The first kappa shape index (κ1) is 13.0. The van der Waals surface area contributed by atoms with Crippen molar-refractivity contribution in [2.45, 2.75) is 58.9 Å². The van der Waals surface area contributed by atoms with Gasteiger partial charge >= 0.3 is 0 Å². The number of aromatic nitrogens is 1. The van der Waals surface area contributed by atoms with Crippen molar-refractivity contribution in [1.29, 1.82) is 0 Å². The van der Waals surface area contributed by atoms with E-state index < -0.39 is 0 Å². The molecular formula is C14H24N2S. The summed E-state index contributed by atoms with van der Waals surface area (Å²) >= 11 is 1.94. The van der Waals surface area contributed by atoms with Crippen LogP contribution in [0.4, 0.5) is 0 Å². The Morgan fingerprint density at radius 2 is 1.94 bits per heavy atom. The summed E-state index contributed by atoms with van der Waals surface area (Å²) in [6.45, 7) is 6.53. The molecule has 1 aromatic rings. The Bertz CT molecular complexity index is 318. The first-order valence-electron chi connectivity index (χ1n) is 6.94. The van der Waals surface area contributed by atoms with Crippen molar-refractivity contribution in [2.75, 3.05) is 6.54 Å². The summed E-state index contributed by atoms with van der Waals surface area (Å²) in [4.78, 5) is 6.37. The Kier molecular flexibility index (Phi) is 4.99. The summed E-state index contributed by atoms with van der Waals surface area (Å²) in [6, 6.07) is 0. The molecule has 1 aromatic heterocycles. The topological polar surface area (TPSA) is 24.9 Å². The van der Waals surface area contributed by atoms with Crippen molar-refractivity contribution < 1.29 is 0 Å². The molecule has 3 heteroatoms. The maximum atomic E-state index is 4.81. The van der Waals surface area contributed by atoms with E-state index in [1.807, 2.05) is 11.3 Å². The smallest absolute Gasteiger partial charge is 0.107 e. The molecule has 1 aliphatic carbocycles. The van der Waals surface area contributed by atoms with Gasteiger partial charge < -0.3 is 5.32 Å². The molecule has 0 bridgehead atoms. The van der Waals surface area contributed by atoms with Crippen LogP contribution in [0.3, 0.4) is 0 Å². The van der Waals surface area contributed by atoms with Gasteiger partial charge in [-0.05, 0) is 38.1 Å². The zero-order valence-electron chi connectivity index (χ0n) is 11.1. The summed E-state index contributed by atoms with van der Waals surface area (Å²) in [7, 11) is 0. The summed E-state index contributed by atoms with van der Waals surface area (Å²) < 4.78 is 0. The quantitative estimate of drug-likeness (QED) is 0.886. The zero-order chi connectivity index (χ0) is 12.1. The van der Waals surface area contributed by atoms with Crippen LogP contribution in [0.15, 0.2) is 0 Å². The van der Waals surface area contributed by atoms with Crippen LogP contribution in [-0.4, -0.2) is 11.5 Å². The average Bonchev–Trinajstić information content (AvgIpc) is 2.60. The van der Waals surface area contributed by atoms with E-state index in [4.69, 9.17) is 4.98 Å². The SMILES string of the molecule is CC(C)CNCc1nc2c(s1)CCCCCC2. The molecule has 0 saturated heterocycles. The van der Waals surface area contributed by atoms with Crippen LogP contribution in [0.1, 0.15) is 55.1 Å². The van der Waals surface area contributed by atoms with Gasteiger partial charge in [-0.2, -0.15) is 0 Å². The molecule has 0 aromatic carbocycles. The van der Waals surface area contributed by atoms with Crippen LogP contribution in [0.2, 0.25) is 0 Å². The fraction of sp³-hybridized carbons (Fsp3) is 0.786. The molecule has 0 amide bonds. The standard InChI is InChI=1S/C14H24N2S/c1-11(2)9-15-10-14-16-12-7-5-3-4-6-8-13(12)17-14/h11,15H,3-10H2,1-2H3. The van der Waals surface area contributed by atoms with Gasteiger partial charge in [-0.15, -0.1) is 11.3 Å². The highest BCUT2D eigenvalue weighted by Gasteiger charge is 2.12. The third kappa shape index (κ3) is 4.07. The van der Waals surface area contributed by atoms with Crippen LogP contribution in [-0.2, 0) is 19.4 Å². The highest BCUT2D eigenvalue weighted by atomic mass is 32.1. The third-order valence-electron chi connectivity index (χ3n) is 3.22. The van der Waals surface area contributed by atoms with Gasteiger partial charge in [-0.1, -0.05) is 26.7 Å². The van der Waals surface area contributed by atoms with E-state index in [0.717, 1.165) is 19.0 Å². The summed E-state index contributed by atoms with van der Waals surface area (Å²) in [6.07, 6.45) is 7.94. The Morgan fingerprint density at radius 1 is 1.18 bits per heavy atom. The summed E-state index contributed by atoms with van der Waals surface area (Å²) in [5.41, 5.74) is 1.40. The lowest BCUT2D eigenvalue weighted by atomic mass is 10.0. The molecule has 0 atom stereocenters. The predicted molar refractivity (Wildman–Crippen MR) is 74.5 cm³/mol. The van der Waals surface area contributed by atoms with Crippen LogP contribution in [0.5, 0.6) is 0 Å². The number of nitrogens with one attached hydrogen (secondary N) is 1. The van der Waals surface area contributed by atoms with Crippen molar-refractivity contribution in [3.63, 3.8) is 0 Å². The fourth-order valence-corrected chi connectivity index (χ4v) is 3.43. The van der Waals surface area contributed by atoms with Crippen LogP contribution in [0.25, 0.3) is 0 Å². The van der Waals surface area contributed by atoms with Gasteiger partial charge in [0.25, 0.3) is 0 Å². The normalized spacial score (nSPS) is 16.6. The van der Waals surface area contributed by atoms with Gasteiger partial charge in [-0.25, -0.2) is 4.98 Å². The molecule has 0 fully saturated rings. The molecule has 1 heterocycles. The number of fused-ring (bicyclic) bond motifs is 1. The van der Waals surface area contributed by atoms with E-state index in [9.17, 15) is 0 Å². The third-order valence-corrected chi connectivity index (χ3v) is 4.38. The Hall–Kier alpha value is -0.410. The van der Waals surface area contributed by atoms with Gasteiger partial charge in [0.05, 0.1) is 5.69 Å². The molecule has 0 aliphatic heterocycles. The van der Waals surface area contributed by atoms with Crippen LogP contribution >= 0.6 is 11.3 Å². The average molecular weight is 252 g/mol. The van der Waals surface area contributed by atoms with Gasteiger partial charge in [0, 0.05) is 11.4 Å². The highest BCUT2D eigenvalue weighted by molar-refractivity contribution is 7.11. The predicted octanol–water partition coefficient (Wildman–Crippen LogP) is 3.55. The summed E-state index contributed by atoms with van der Waals surface area (Å²) in [5.74, 6) is 0.719. The van der Waals surface area contributed by atoms with E-state index in [2.05, 4.69) is 19.2 Å². The molecule has 96 valence electrons. The second kappa shape index (κ2) is 6.50. The molecule has 0 spiro atoms. The second-order valence-corrected chi connectivity index (χ2v) is 6.58. The van der Waals surface area contributed by atoms with Crippen molar-refractivity contribution in [1.82, 2.24) is 10.3 Å². The van der Waals surface area contributed by atoms with Crippen molar-refractivity contribution >= 4 is 11.3 Å². The summed E-state index contributed by atoms with van der Waals surface area (Å²) in [5, 5.41) is 4.78. The monoisotopic (exact) mass is 252 g/mol. The maximum absolute atomic E-state index is 4.81. The van der Waals surface area contributed by atoms with E-state index in [1.54, 1.807) is 4.88 Å². The molecule has 17 heavy (non-hydrogen) atoms. The van der Waals surface area contributed by atoms with Crippen molar-refractivity contribution in [2.24, 2.45) is 5.92 Å². The largest absolute Gasteiger partial charge is 0.310 e. The second-order valence-electron chi connectivity index (χ2n) is 5.42. The number of nitrogens with zero attached hydrogens (tertiary/aromatic N) is 1. The van der Waals surface area contributed by atoms with Gasteiger partial charge in [-0.3, -0.25) is 0 Å². The van der Waals surface area contributed by atoms with E-state index >= 15 is 0 Å². The van der Waals surface area contributed by atoms with Crippen molar-refractivity contribution in [3.8, 4) is 0 Å². The number of thiazole rings is 1. The van der Waals surface area contributed by atoms with Gasteiger partial charge in [0.2, 0.25) is 0 Å². The molecule has 1 N–H and O–H groups in total. The molecule has 0 unspecified atom stereocenters. The minimum absolute atomic E-state index is 0.719. The minimum Gasteiger partial charge on any atom is -0.310 e. The molecule has 0 saturated carbocycles. The number of hydrogen-bond acceptors (Lipinski definition) is 3. The van der Waals surface area contributed by atoms with Gasteiger partial charge in [0.15, 0.2) is 0 Å². The molecule has 2 nitrogen and oxygen atoms in total. The molecular weight excluding hydrogens is 228 g/mol. The molecule has 1 aliphatic rings. The number of aryl methyl sites for hydroxylation is 2. The molecule has 2 rings (SSSR count). The minimum atomic E-state index is 0.719. The van der Waals surface area contributed by atoms with Crippen LogP contribution < -0.4 is 5.32 Å². The first-order chi connectivity index (χ1) is 8.25. The van der Waals surface area contributed by atoms with Crippen molar-refractivity contribution in [3.05, 3.63) is 15.6 Å². The van der Waals surface area contributed by atoms with E-state index in [1.165, 1.54) is 49.2 Å². The zero-order valence-corrected chi connectivity index (χ0v) is 11.9. The number of rotatable bonds is 4. The lowest BCUT2D eigenvalue weighted by molar-refractivity contribution is 0.550. The van der Waals surface area contributed by atoms with Crippen LogP contribution in [0, 0.1) is 5.92 Å². The first-order valence-corrected chi connectivity index (χ1v) is 7.75.